The van der Waals surface area contributed by atoms with E-state index in [2.05, 4.69) is 39.2 Å². The van der Waals surface area contributed by atoms with Crippen LogP contribution in [0.4, 0.5) is 5.82 Å². The Bertz CT molecular complexity index is 617. The normalized spacial score (nSPS) is 9.95. The van der Waals surface area contributed by atoms with Crippen molar-refractivity contribution in [2.45, 2.75) is 13.3 Å². The predicted molar refractivity (Wildman–Crippen MR) is 80.9 cm³/mol. The standard InChI is InChI=1S/C15H14BrN3/c1-2-8-18-15-12(10-17)6-7-14(19-15)11-4-3-5-13(16)9-11/h3-7,9H,2,8H2,1H3,(H,18,19). The van der Waals surface area contributed by atoms with Crippen molar-refractivity contribution in [3.05, 3.63) is 46.4 Å². The fourth-order valence-corrected chi connectivity index (χ4v) is 2.14. The number of halogens is 1. The van der Waals surface area contributed by atoms with E-state index in [1.165, 1.54) is 0 Å². The molecule has 0 saturated carbocycles. The Labute approximate surface area is 121 Å². The van der Waals surface area contributed by atoms with Crippen LogP contribution in [-0.4, -0.2) is 11.5 Å². The van der Waals surface area contributed by atoms with Gasteiger partial charge in [0, 0.05) is 16.6 Å². The summed E-state index contributed by atoms with van der Waals surface area (Å²) in [4.78, 5) is 4.54. The fraction of sp³-hybridized carbons (Fsp3) is 0.200. The second kappa shape index (κ2) is 6.35. The van der Waals surface area contributed by atoms with Crippen molar-refractivity contribution >= 4 is 21.7 Å². The Morgan fingerprint density at radius 1 is 1.32 bits per heavy atom. The average molecular weight is 316 g/mol. The van der Waals surface area contributed by atoms with E-state index in [1.807, 2.05) is 30.3 Å². The van der Waals surface area contributed by atoms with Crippen molar-refractivity contribution in [2.75, 3.05) is 11.9 Å². The van der Waals surface area contributed by atoms with Gasteiger partial charge in [-0.25, -0.2) is 4.98 Å². The number of rotatable bonds is 4. The molecule has 3 nitrogen and oxygen atoms in total. The van der Waals surface area contributed by atoms with Gasteiger partial charge in [-0.05, 0) is 30.7 Å². The summed E-state index contributed by atoms with van der Waals surface area (Å²) in [6.07, 6.45) is 0.994. The smallest absolute Gasteiger partial charge is 0.144 e. The molecule has 1 aromatic carbocycles. The van der Waals surface area contributed by atoms with Gasteiger partial charge in [-0.1, -0.05) is 35.0 Å². The summed E-state index contributed by atoms with van der Waals surface area (Å²) in [5.74, 6) is 0.654. The van der Waals surface area contributed by atoms with E-state index in [-0.39, 0.29) is 0 Å². The molecule has 19 heavy (non-hydrogen) atoms. The Kier molecular flexibility index (Phi) is 4.53. The fourth-order valence-electron chi connectivity index (χ4n) is 1.74. The number of nitrogens with zero attached hydrogens (tertiary/aromatic N) is 2. The molecule has 96 valence electrons. The summed E-state index contributed by atoms with van der Waals surface area (Å²) in [6, 6.07) is 13.8. The minimum atomic E-state index is 0.576. The zero-order valence-corrected chi connectivity index (χ0v) is 12.2. The van der Waals surface area contributed by atoms with E-state index in [0.717, 1.165) is 28.7 Å². The molecule has 0 bridgehead atoms. The Hall–Kier alpha value is -1.86. The van der Waals surface area contributed by atoms with E-state index in [9.17, 15) is 0 Å². The van der Waals surface area contributed by atoms with Crippen molar-refractivity contribution < 1.29 is 0 Å². The largest absolute Gasteiger partial charge is 0.369 e. The number of anilines is 1. The maximum absolute atomic E-state index is 9.09. The molecule has 0 aliphatic carbocycles. The molecular weight excluding hydrogens is 302 g/mol. The molecule has 0 amide bonds. The highest BCUT2D eigenvalue weighted by Crippen LogP contribution is 2.24. The van der Waals surface area contributed by atoms with E-state index < -0.39 is 0 Å². The van der Waals surface area contributed by atoms with Crippen LogP contribution in [0, 0.1) is 11.3 Å². The summed E-state index contributed by atoms with van der Waals surface area (Å²) >= 11 is 3.45. The first-order valence-corrected chi connectivity index (χ1v) is 6.95. The SMILES string of the molecule is CCCNc1nc(-c2cccc(Br)c2)ccc1C#N. The Balaban J connectivity index is 2.40. The first-order valence-electron chi connectivity index (χ1n) is 6.15. The number of hydrogen-bond donors (Lipinski definition) is 1. The second-order valence-corrected chi connectivity index (χ2v) is 5.06. The van der Waals surface area contributed by atoms with Crippen molar-refractivity contribution in [3.8, 4) is 17.3 Å². The van der Waals surface area contributed by atoms with Gasteiger partial charge in [-0.2, -0.15) is 5.26 Å². The third kappa shape index (κ3) is 3.33. The third-order valence-electron chi connectivity index (χ3n) is 2.68. The number of benzene rings is 1. The van der Waals surface area contributed by atoms with Crippen LogP contribution in [0.15, 0.2) is 40.9 Å². The van der Waals surface area contributed by atoms with Gasteiger partial charge in [0.25, 0.3) is 0 Å². The Morgan fingerprint density at radius 2 is 2.16 bits per heavy atom. The van der Waals surface area contributed by atoms with E-state index >= 15 is 0 Å². The molecule has 0 atom stereocenters. The highest BCUT2D eigenvalue weighted by atomic mass is 79.9. The third-order valence-corrected chi connectivity index (χ3v) is 3.17. The van der Waals surface area contributed by atoms with Gasteiger partial charge in [-0.15, -0.1) is 0 Å². The lowest BCUT2D eigenvalue weighted by Gasteiger charge is -2.08. The molecule has 0 fully saturated rings. The van der Waals surface area contributed by atoms with Gasteiger partial charge in [-0.3, -0.25) is 0 Å². The lowest BCUT2D eigenvalue weighted by atomic mass is 10.1. The van der Waals surface area contributed by atoms with Gasteiger partial charge in [0.15, 0.2) is 0 Å². The molecular formula is C15H14BrN3. The van der Waals surface area contributed by atoms with Crippen LogP contribution in [0.25, 0.3) is 11.3 Å². The molecule has 1 N–H and O–H groups in total. The zero-order valence-electron chi connectivity index (χ0n) is 10.7. The van der Waals surface area contributed by atoms with Crippen LogP contribution in [0.2, 0.25) is 0 Å². The number of hydrogen-bond acceptors (Lipinski definition) is 3. The molecule has 0 spiro atoms. The average Bonchev–Trinajstić information content (AvgIpc) is 2.44. The quantitative estimate of drug-likeness (QED) is 0.919. The Morgan fingerprint density at radius 3 is 2.84 bits per heavy atom. The maximum atomic E-state index is 9.09. The molecule has 1 aromatic heterocycles. The lowest BCUT2D eigenvalue weighted by molar-refractivity contribution is 0.968. The van der Waals surface area contributed by atoms with Gasteiger partial charge in [0.05, 0.1) is 11.3 Å². The first kappa shape index (κ1) is 13.6. The number of aromatic nitrogens is 1. The van der Waals surface area contributed by atoms with Crippen LogP contribution < -0.4 is 5.32 Å². The van der Waals surface area contributed by atoms with E-state index in [0.29, 0.717) is 11.4 Å². The predicted octanol–water partition coefficient (Wildman–Crippen LogP) is 4.20. The van der Waals surface area contributed by atoms with Gasteiger partial charge < -0.3 is 5.32 Å². The van der Waals surface area contributed by atoms with Crippen molar-refractivity contribution in [1.29, 1.82) is 5.26 Å². The van der Waals surface area contributed by atoms with E-state index in [1.54, 1.807) is 6.07 Å². The van der Waals surface area contributed by atoms with E-state index in [4.69, 9.17) is 5.26 Å². The molecule has 0 saturated heterocycles. The molecule has 0 radical (unpaired) electrons. The topological polar surface area (TPSA) is 48.7 Å². The van der Waals surface area contributed by atoms with Crippen LogP contribution in [-0.2, 0) is 0 Å². The molecule has 2 rings (SSSR count). The number of nitriles is 1. The highest BCUT2D eigenvalue weighted by Gasteiger charge is 2.06. The van der Waals surface area contributed by atoms with Crippen molar-refractivity contribution in [3.63, 3.8) is 0 Å². The summed E-state index contributed by atoms with van der Waals surface area (Å²) < 4.78 is 1.01. The van der Waals surface area contributed by atoms with Crippen LogP contribution in [0.5, 0.6) is 0 Å². The monoisotopic (exact) mass is 315 g/mol. The molecule has 4 heteroatoms. The highest BCUT2D eigenvalue weighted by molar-refractivity contribution is 9.10. The maximum Gasteiger partial charge on any atom is 0.144 e. The van der Waals surface area contributed by atoms with Crippen molar-refractivity contribution in [2.24, 2.45) is 0 Å². The number of nitrogens with one attached hydrogen (secondary N) is 1. The molecule has 0 unspecified atom stereocenters. The summed E-state index contributed by atoms with van der Waals surface area (Å²) in [6.45, 7) is 2.89. The van der Waals surface area contributed by atoms with Crippen LogP contribution in [0.3, 0.4) is 0 Å². The van der Waals surface area contributed by atoms with Crippen LogP contribution in [0.1, 0.15) is 18.9 Å². The molecule has 0 aliphatic heterocycles. The second-order valence-electron chi connectivity index (χ2n) is 4.14. The van der Waals surface area contributed by atoms with Gasteiger partial charge >= 0.3 is 0 Å². The summed E-state index contributed by atoms with van der Waals surface area (Å²) in [5, 5.41) is 12.3. The summed E-state index contributed by atoms with van der Waals surface area (Å²) in [7, 11) is 0. The van der Waals surface area contributed by atoms with Gasteiger partial charge in [0.1, 0.15) is 11.9 Å². The van der Waals surface area contributed by atoms with Gasteiger partial charge in [0.2, 0.25) is 0 Å². The molecule has 1 heterocycles. The minimum absolute atomic E-state index is 0.576. The minimum Gasteiger partial charge on any atom is -0.369 e. The molecule has 0 aliphatic rings. The van der Waals surface area contributed by atoms with Crippen molar-refractivity contribution in [1.82, 2.24) is 4.98 Å². The van der Waals surface area contributed by atoms with Crippen LogP contribution >= 0.6 is 15.9 Å². The summed E-state index contributed by atoms with van der Waals surface area (Å²) in [5.41, 5.74) is 2.46. The zero-order chi connectivity index (χ0) is 13.7. The number of pyridine rings is 1. The first-order chi connectivity index (χ1) is 9.24. The molecule has 2 aromatic rings. The lowest BCUT2D eigenvalue weighted by Crippen LogP contribution is -2.04.